The van der Waals surface area contributed by atoms with Crippen LogP contribution in [0.3, 0.4) is 0 Å². The van der Waals surface area contributed by atoms with Crippen molar-refractivity contribution in [2.24, 2.45) is 5.92 Å². The van der Waals surface area contributed by atoms with Crippen molar-refractivity contribution < 1.29 is 0 Å². The van der Waals surface area contributed by atoms with Gasteiger partial charge in [0.15, 0.2) is 0 Å². The molecule has 0 spiro atoms. The highest BCUT2D eigenvalue weighted by molar-refractivity contribution is 5.52. The van der Waals surface area contributed by atoms with E-state index in [1.165, 1.54) is 24.1 Å². The smallest absolute Gasteiger partial charge is 0.0409 e. The minimum atomic E-state index is 0.704. The molecule has 0 bridgehead atoms. The lowest BCUT2D eigenvalue weighted by Gasteiger charge is -2.22. The fourth-order valence-corrected chi connectivity index (χ4v) is 2.04. The Labute approximate surface area is 112 Å². The fourth-order valence-electron chi connectivity index (χ4n) is 2.04. The molecule has 0 aromatic heterocycles. The Kier molecular flexibility index (Phi) is 6.81. The van der Waals surface area contributed by atoms with Gasteiger partial charge in [-0.05, 0) is 30.5 Å². The first kappa shape index (κ1) is 15.0. The van der Waals surface area contributed by atoms with Gasteiger partial charge in [-0.15, -0.1) is 0 Å². The van der Waals surface area contributed by atoms with Crippen molar-refractivity contribution in [3.8, 4) is 0 Å². The van der Waals surface area contributed by atoms with Crippen LogP contribution < -0.4 is 10.2 Å². The molecular formula is C16H28N2. The average molecular weight is 248 g/mol. The van der Waals surface area contributed by atoms with E-state index in [-0.39, 0.29) is 0 Å². The van der Waals surface area contributed by atoms with Crippen LogP contribution in [0.5, 0.6) is 0 Å². The van der Waals surface area contributed by atoms with Crippen molar-refractivity contribution >= 4 is 5.69 Å². The second-order valence-electron chi connectivity index (χ2n) is 5.43. The molecule has 0 saturated heterocycles. The largest absolute Gasteiger partial charge is 0.374 e. The molecule has 0 amide bonds. The summed E-state index contributed by atoms with van der Waals surface area (Å²) in [6.07, 6.45) is 2.50. The van der Waals surface area contributed by atoms with Gasteiger partial charge in [0.2, 0.25) is 0 Å². The molecule has 1 N–H and O–H groups in total. The topological polar surface area (TPSA) is 15.3 Å². The molecule has 18 heavy (non-hydrogen) atoms. The summed E-state index contributed by atoms with van der Waals surface area (Å²) >= 11 is 0. The van der Waals surface area contributed by atoms with Crippen molar-refractivity contribution in [1.29, 1.82) is 0 Å². The van der Waals surface area contributed by atoms with E-state index >= 15 is 0 Å². The van der Waals surface area contributed by atoms with Gasteiger partial charge in [-0.2, -0.15) is 0 Å². The number of benzene rings is 1. The molecule has 0 atom stereocenters. The van der Waals surface area contributed by atoms with Crippen molar-refractivity contribution in [2.75, 3.05) is 25.0 Å². The minimum absolute atomic E-state index is 0.704. The summed E-state index contributed by atoms with van der Waals surface area (Å²) in [5, 5.41) is 3.53. The van der Waals surface area contributed by atoms with Crippen molar-refractivity contribution in [3.63, 3.8) is 0 Å². The molecule has 0 aliphatic rings. The van der Waals surface area contributed by atoms with Gasteiger partial charge in [0.05, 0.1) is 0 Å². The van der Waals surface area contributed by atoms with E-state index in [0.717, 1.165) is 19.6 Å². The number of nitrogens with one attached hydrogen (secondary N) is 1. The summed E-state index contributed by atoms with van der Waals surface area (Å²) in [6, 6.07) is 8.71. The summed E-state index contributed by atoms with van der Waals surface area (Å²) in [5.41, 5.74) is 2.76. The Morgan fingerprint density at radius 1 is 1.22 bits per heavy atom. The zero-order valence-electron chi connectivity index (χ0n) is 12.4. The molecule has 2 nitrogen and oxygen atoms in total. The zero-order valence-corrected chi connectivity index (χ0v) is 12.4. The van der Waals surface area contributed by atoms with E-state index in [9.17, 15) is 0 Å². The molecule has 0 fully saturated rings. The molecule has 0 saturated carbocycles. The first-order valence-electron chi connectivity index (χ1n) is 7.15. The molecule has 0 heterocycles. The van der Waals surface area contributed by atoms with Crippen molar-refractivity contribution in [1.82, 2.24) is 5.32 Å². The first-order chi connectivity index (χ1) is 8.65. The summed E-state index contributed by atoms with van der Waals surface area (Å²) in [6.45, 7) is 9.90. The quantitative estimate of drug-likeness (QED) is 0.755. The number of anilines is 1. The Morgan fingerprint density at radius 3 is 2.61 bits per heavy atom. The Balaban J connectivity index is 2.60. The van der Waals surface area contributed by atoms with Crippen LogP contribution in [0.2, 0.25) is 0 Å². The van der Waals surface area contributed by atoms with E-state index in [1.807, 2.05) is 0 Å². The third-order valence-corrected chi connectivity index (χ3v) is 3.12. The third kappa shape index (κ3) is 5.09. The maximum atomic E-state index is 3.53. The van der Waals surface area contributed by atoms with E-state index in [2.05, 4.69) is 62.3 Å². The minimum Gasteiger partial charge on any atom is -0.374 e. The fraction of sp³-hybridized carbons (Fsp3) is 0.625. The van der Waals surface area contributed by atoms with Gasteiger partial charge in [0.1, 0.15) is 0 Å². The highest BCUT2D eigenvalue weighted by Crippen LogP contribution is 2.19. The highest BCUT2D eigenvalue weighted by Gasteiger charge is 2.06. The van der Waals surface area contributed by atoms with Gasteiger partial charge in [-0.1, -0.05) is 45.4 Å². The number of rotatable bonds is 8. The van der Waals surface area contributed by atoms with Crippen LogP contribution in [0.25, 0.3) is 0 Å². The van der Waals surface area contributed by atoms with Crippen molar-refractivity contribution in [3.05, 3.63) is 29.8 Å². The number of nitrogens with zero attached hydrogens (tertiary/aromatic N) is 1. The van der Waals surface area contributed by atoms with Gasteiger partial charge >= 0.3 is 0 Å². The molecule has 0 unspecified atom stereocenters. The summed E-state index contributed by atoms with van der Waals surface area (Å²) in [4.78, 5) is 2.37. The standard InChI is InChI=1S/C16H28N2/c1-5-6-11-18(4)16-10-8-7-9-15(16)13-17-12-14(2)3/h7-10,14,17H,5-6,11-13H2,1-4H3. The number of unbranched alkanes of at least 4 members (excludes halogenated alkanes) is 1. The second-order valence-corrected chi connectivity index (χ2v) is 5.43. The van der Waals surface area contributed by atoms with Gasteiger partial charge in [-0.3, -0.25) is 0 Å². The van der Waals surface area contributed by atoms with Crippen LogP contribution in [0.1, 0.15) is 39.2 Å². The lowest BCUT2D eigenvalue weighted by atomic mass is 10.1. The van der Waals surface area contributed by atoms with Crippen molar-refractivity contribution in [2.45, 2.75) is 40.2 Å². The summed E-state index contributed by atoms with van der Waals surface area (Å²) in [5.74, 6) is 0.704. The Morgan fingerprint density at radius 2 is 1.94 bits per heavy atom. The van der Waals surface area contributed by atoms with E-state index in [1.54, 1.807) is 0 Å². The second kappa shape index (κ2) is 8.15. The van der Waals surface area contributed by atoms with E-state index < -0.39 is 0 Å². The summed E-state index contributed by atoms with van der Waals surface area (Å²) in [7, 11) is 2.19. The molecule has 102 valence electrons. The van der Waals surface area contributed by atoms with Crippen LogP contribution in [-0.4, -0.2) is 20.1 Å². The predicted molar refractivity (Wildman–Crippen MR) is 81.2 cm³/mol. The molecule has 1 rings (SSSR count). The number of para-hydroxylation sites is 1. The van der Waals surface area contributed by atoms with Crippen LogP contribution in [-0.2, 0) is 6.54 Å². The first-order valence-corrected chi connectivity index (χ1v) is 7.15. The Hall–Kier alpha value is -1.02. The van der Waals surface area contributed by atoms with E-state index in [0.29, 0.717) is 5.92 Å². The number of hydrogen-bond acceptors (Lipinski definition) is 2. The van der Waals surface area contributed by atoms with Gasteiger partial charge in [-0.25, -0.2) is 0 Å². The molecule has 1 aromatic rings. The SMILES string of the molecule is CCCCN(C)c1ccccc1CNCC(C)C. The highest BCUT2D eigenvalue weighted by atomic mass is 15.1. The molecule has 0 aliphatic carbocycles. The molecule has 1 aromatic carbocycles. The Bertz CT molecular complexity index is 334. The van der Waals surface area contributed by atoms with Gasteiger partial charge < -0.3 is 10.2 Å². The molecular weight excluding hydrogens is 220 g/mol. The van der Waals surface area contributed by atoms with Crippen LogP contribution >= 0.6 is 0 Å². The average Bonchev–Trinajstić information content (AvgIpc) is 2.36. The van der Waals surface area contributed by atoms with Crippen LogP contribution in [0.15, 0.2) is 24.3 Å². The van der Waals surface area contributed by atoms with Gasteiger partial charge in [0.25, 0.3) is 0 Å². The van der Waals surface area contributed by atoms with Crippen LogP contribution in [0.4, 0.5) is 5.69 Å². The van der Waals surface area contributed by atoms with Crippen LogP contribution in [0, 0.1) is 5.92 Å². The lowest BCUT2D eigenvalue weighted by molar-refractivity contribution is 0.552. The monoisotopic (exact) mass is 248 g/mol. The maximum Gasteiger partial charge on any atom is 0.0409 e. The summed E-state index contributed by atoms with van der Waals surface area (Å²) < 4.78 is 0. The molecule has 0 aliphatic heterocycles. The normalized spacial score (nSPS) is 10.9. The third-order valence-electron chi connectivity index (χ3n) is 3.12. The zero-order chi connectivity index (χ0) is 13.4. The molecule has 2 heteroatoms. The molecule has 0 radical (unpaired) electrons. The number of hydrogen-bond donors (Lipinski definition) is 1. The van der Waals surface area contributed by atoms with E-state index in [4.69, 9.17) is 0 Å². The predicted octanol–water partition coefficient (Wildman–Crippen LogP) is 3.67. The lowest BCUT2D eigenvalue weighted by Crippen LogP contribution is -2.23. The maximum absolute atomic E-state index is 3.53. The van der Waals surface area contributed by atoms with Gasteiger partial charge in [0, 0.05) is 25.8 Å².